The van der Waals surface area contributed by atoms with Gasteiger partial charge in [0.25, 0.3) is 0 Å². The number of alkyl halides is 1. The van der Waals surface area contributed by atoms with E-state index in [1.54, 1.807) is 12.1 Å². The van der Waals surface area contributed by atoms with Gasteiger partial charge in [0.15, 0.2) is 0 Å². The van der Waals surface area contributed by atoms with E-state index in [1.807, 2.05) is 6.07 Å². The van der Waals surface area contributed by atoms with Crippen LogP contribution in [0.5, 0.6) is 0 Å². The van der Waals surface area contributed by atoms with Crippen molar-refractivity contribution in [3.05, 3.63) is 33.3 Å². The van der Waals surface area contributed by atoms with E-state index in [4.69, 9.17) is 22.0 Å². The predicted molar refractivity (Wildman–Crippen MR) is 59.8 cm³/mol. The smallest absolute Gasteiger partial charge is 0.307 e. The molecule has 78 valence electrons. The molecule has 0 amide bonds. The van der Waals surface area contributed by atoms with Crippen LogP contribution in [0.1, 0.15) is 16.7 Å². The zero-order chi connectivity index (χ0) is 11.4. The molecule has 0 aromatic heterocycles. The van der Waals surface area contributed by atoms with Crippen LogP contribution in [-0.2, 0) is 17.1 Å². The predicted octanol–water partition coefficient (Wildman–Crippen LogP) is 2.69. The largest absolute Gasteiger partial charge is 0.481 e. The molecule has 15 heavy (non-hydrogen) atoms. The second-order valence-corrected chi connectivity index (χ2v) is 3.99. The van der Waals surface area contributed by atoms with Gasteiger partial charge in [-0.3, -0.25) is 4.79 Å². The van der Waals surface area contributed by atoms with Crippen LogP contribution in [-0.4, -0.2) is 11.1 Å². The highest BCUT2D eigenvalue weighted by molar-refractivity contribution is 9.10. The number of nitriles is 1. The summed E-state index contributed by atoms with van der Waals surface area (Å²) in [5, 5.41) is 17.5. The van der Waals surface area contributed by atoms with Gasteiger partial charge in [-0.1, -0.05) is 6.07 Å². The lowest BCUT2D eigenvalue weighted by Crippen LogP contribution is -2.01. The monoisotopic (exact) mass is 287 g/mol. The highest BCUT2D eigenvalue weighted by Crippen LogP contribution is 2.25. The minimum atomic E-state index is -0.929. The number of rotatable bonds is 3. The number of carboxylic acids is 1. The lowest BCUT2D eigenvalue weighted by molar-refractivity contribution is -0.136. The Labute approximate surface area is 100 Å². The van der Waals surface area contributed by atoms with E-state index in [2.05, 4.69) is 15.9 Å². The zero-order valence-electron chi connectivity index (χ0n) is 7.63. The first-order chi connectivity index (χ1) is 7.08. The second kappa shape index (κ2) is 5.15. The van der Waals surface area contributed by atoms with Gasteiger partial charge in [0.2, 0.25) is 0 Å². The summed E-state index contributed by atoms with van der Waals surface area (Å²) in [6.45, 7) is 0. The molecule has 0 spiro atoms. The average Bonchev–Trinajstić information content (AvgIpc) is 2.19. The van der Waals surface area contributed by atoms with Crippen molar-refractivity contribution in [3.8, 4) is 6.07 Å². The summed E-state index contributed by atoms with van der Waals surface area (Å²) in [6, 6.07) is 5.22. The maximum atomic E-state index is 10.5. The van der Waals surface area contributed by atoms with Gasteiger partial charge in [0.1, 0.15) is 6.07 Å². The molecule has 0 aliphatic rings. The average molecular weight is 289 g/mol. The van der Waals surface area contributed by atoms with E-state index in [0.717, 1.165) is 5.56 Å². The first-order valence-corrected chi connectivity index (χ1v) is 5.40. The molecule has 1 aromatic carbocycles. The van der Waals surface area contributed by atoms with Gasteiger partial charge in [-0.2, -0.15) is 5.26 Å². The van der Waals surface area contributed by atoms with Crippen LogP contribution in [0.2, 0.25) is 0 Å². The van der Waals surface area contributed by atoms with Crippen LogP contribution in [0.4, 0.5) is 0 Å². The van der Waals surface area contributed by atoms with Crippen molar-refractivity contribution in [2.45, 2.75) is 12.3 Å². The van der Waals surface area contributed by atoms with E-state index in [-0.39, 0.29) is 12.3 Å². The van der Waals surface area contributed by atoms with Crippen molar-refractivity contribution in [2.24, 2.45) is 0 Å². The molecule has 0 unspecified atom stereocenters. The third-order valence-electron chi connectivity index (χ3n) is 1.83. The Bertz CT molecular complexity index is 440. The summed E-state index contributed by atoms with van der Waals surface area (Å²) < 4.78 is 0.633. The number of halogens is 2. The Kier molecular flexibility index (Phi) is 4.13. The highest BCUT2D eigenvalue weighted by atomic mass is 79.9. The quantitative estimate of drug-likeness (QED) is 0.870. The molecule has 0 aliphatic carbocycles. The fourth-order valence-electron chi connectivity index (χ4n) is 1.21. The van der Waals surface area contributed by atoms with Gasteiger partial charge >= 0.3 is 5.97 Å². The van der Waals surface area contributed by atoms with Crippen LogP contribution in [0, 0.1) is 11.3 Å². The number of hydrogen-bond acceptors (Lipinski definition) is 2. The van der Waals surface area contributed by atoms with E-state index in [9.17, 15) is 4.79 Å². The van der Waals surface area contributed by atoms with Crippen LogP contribution in [0.15, 0.2) is 16.6 Å². The molecule has 0 saturated carbocycles. The van der Waals surface area contributed by atoms with E-state index in [1.165, 1.54) is 0 Å². The van der Waals surface area contributed by atoms with Crippen molar-refractivity contribution >= 4 is 33.5 Å². The van der Waals surface area contributed by atoms with Crippen LogP contribution in [0.25, 0.3) is 0 Å². The Morgan fingerprint density at radius 3 is 2.73 bits per heavy atom. The lowest BCUT2D eigenvalue weighted by atomic mass is 10.0. The van der Waals surface area contributed by atoms with Gasteiger partial charge in [-0.15, -0.1) is 11.6 Å². The van der Waals surface area contributed by atoms with Crippen LogP contribution in [0.3, 0.4) is 0 Å². The molecule has 0 atom stereocenters. The number of carbonyl (C=O) groups is 1. The lowest BCUT2D eigenvalue weighted by Gasteiger charge is -2.05. The number of hydrogen-bond donors (Lipinski definition) is 1. The Balaban J connectivity index is 3.22. The van der Waals surface area contributed by atoms with Crippen molar-refractivity contribution in [1.82, 2.24) is 0 Å². The standard InChI is InChI=1S/C10H7BrClNO2/c11-10-7(4-12)1-6(3-9(14)15)2-8(10)5-13/h1-2H,3-4H2,(H,14,15). The molecule has 0 saturated heterocycles. The Morgan fingerprint density at radius 2 is 2.27 bits per heavy atom. The summed E-state index contributed by atoms with van der Waals surface area (Å²) in [5.74, 6) is -0.690. The topological polar surface area (TPSA) is 61.1 Å². The summed E-state index contributed by atoms with van der Waals surface area (Å²) in [5.41, 5.74) is 1.72. The third-order valence-corrected chi connectivity index (χ3v) is 3.05. The number of aliphatic carboxylic acids is 1. The second-order valence-electron chi connectivity index (χ2n) is 2.93. The molecule has 3 nitrogen and oxygen atoms in total. The van der Waals surface area contributed by atoms with E-state index >= 15 is 0 Å². The maximum absolute atomic E-state index is 10.5. The van der Waals surface area contributed by atoms with Crippen molar-refractivity contribution in [2.75, 3.05) is 0 Å². The van der Waals surface area contributed by atoms with Gasteiger partial charge in [0, 0.05) is 10.4 Å². The number of carboxylic acid groups (broad SMARTS) is 1. The molecule has 0 aliphatic heterocycles. The molecular weight excluding hydrogens is 281 g/mol. The Morgan fingerprint density at radius 1 is 1.60 bits per heavy atom. The van der Waals surface area contributed by atoms with Gasteiger partial charge < -0.3 is 5.11 Å². The minimum absolute atomic E-state index is 0.105. The molecule has 0 bridgehead atoms. The van der Waals surface area contributed by atoms with Crippen molar-refractivity contribution in [3.63, 3.8) is 0 Å². The molecule has 0 radical (unpaired) electrons. The first-order valence-electron chi connectivity index (χ1n) is 4.07. The van der Waals surface area contributed by atoms with Crippen molar-refractivity contribution < 1.29 is 9.90 Å². The number of benzene rings is 1. The normalized spacial score (nSPS) is 9.67. The zero-order valence-corrected chi connectivity index (χ0v) is 9.97. The van der Waals surface area contributed by atoms with E-state index < -0.39 is 5.97 Å². The summed E-state index contributed by atoms with van der Waals surface area (Å²) in [4.78, 5) is 10.5. The summed E-state index contributed by atoms with van der Waals surface area (Å²) in [6.07, 6.45) is -0.105. The molecule has 1 N–H and O–H groups in total. The third kappa shape index (κ3) is 2.95. The molecule has 1 rings (SSSR count). The summed E-state index contributed by atoms with van der Waals surface area (Å²) >= 11 is 8.93. The maximum Gasteiger partial charge on any atom is 0.307 e. The highest BCUT2D eigenvalue weighted by Gasteiger charge is 2.09. The molecule has 0 heterocycles. The van der Waals surface area contributed by atoms with Gasteiger partial charge in [-0.25, -0.2) is 0 Å². The van der Waals surface area contributed by atoms with Crippen molar-refractivity contribution in [1.29, 1.82) is 5.26 Å². The van der Waals surface area contributed by atoms with Crippen LogP contribution < -0.4 is 0 Å². The van der Waals surface area contributed by atoms with Gasteiger partial charge in [-0.05, 0) is 33.1 Å². The summed E-state index contributed by atoms with van der Waals surface area (Å²) in [7, 11) is 0. The Hall–Kier alpha value is -1.05. The van der Waals surface area contributed by atoms with E-state index in [0.29, 0.717) is 15.6 Å². The molecule has 0 fully saturated rings. The number of nitrogens with zero attached hydrogens (tertiary/aromatic N) is 1. The van der Waals surface area contributed by atoms with Gasteiger partial charge in [0.05, 0.1) is 12.0 Å². The van der Waals surface area contributed by atoms with Crippen LogP contribution >= 0.6 is 27.5 Å². The first kappa shape index (κ1) is 12.0. The fourth-order valence-corrected chi connectivity index (χ4v) is 2.04. The fraction of sp³-hybridized carbons (Fsp3) is 0.200. The molecule has 1 aromatic rings. The molecule has 5 heteroatoms. The minimum Gasteiger partial charge on any atom is -0.481 e. The SMILES string of the molecule is N#Cc1cc(CC(=O)O)cc(CCl)c1Br. The molecular formula is C10H7BrClNO2.